The first-order valence-corrected chi connectivity index (χ1v) is 11.2. The van der Waals surface area contributed by atoms with Crippen LogP contribution >= 0.6 is 11.6 Å². The van der Waals surface area contributed by atoms with Crippen molar-refractivity contribution in [3.63, 3.8) is 0 Å². The van der Waals surface area contributed by atoms with E-state index in [1.165, 1.54) is 10.7 Å². The van der Waals surface area contributed by atoms with Crippen molar-refractivity contribution in [2.24, 2.45) is 0 Å². The van der Waals surface area contributed by atoms with Gasteiger partial charge in [0.15, 0.2) is 5.69 Å². The van der Waals surface area contributed by atoms with Gasteiger partial charge >= 0.3 is 6.18 Å². The summed E-state index contributed by atoms with van der Waals surface area (Å²) in [5, 5.41) is 13.8. The zero-order valence-corrected chi connectivity index (χ0v) is 19.0. The van der Waals surface area contributed by atoms with E-state index in [9.17, 15) is 18.3 Å². The molecule has 0 bridgehead atoms. The van der Waals surface area contributed by atoms with Crippen LogP contribution in [0, 0.1) is 0 Å². The molecule has 0 fully saturated rings. The first-order chi connectivity index (χ1) is 16.9. The molecule has 8 heteroatoms. The number of halogens is 4. The molecule has 0 amide bonds. The zero-order valence-electron chi connectivity index (χ0n) is 18.2. The molecule has 5 aromatic rings. The minimum Gasteiger partial charge on any atom is -0.390 e. The van der Waals surface area contributed by atoms with Crippen LogP contribution in [0.5, 0.6) is 0 Å². The average molecular weight is 494 g/mol. The highest BCUT2D eigenvalue weighted by Crippen LogP contribution is 2.45. The number of nitrogens with zero attached hydrogens (tertiary/aromatic N) is 3. The number of alkyl halides is 3. The molecule has 5 rings (SSSR count). The summed E-state index contributed by atoms with van der Waals surface area (Å²) < 4.78 is 44.3. The highest BCUT2D eigenvalue weighted by atomic mass is 35.5. The zero-order chi connectivity index (χ0) is 24.6. The van der Waals surface area contributed by atoms with Crippen LogP contribution in [0.3, 0.4) is 0 Å². The van der Waals surface area contributed by atoms with Crippen molar-refractivity contribution in [2.75, 3.05) is 0 Å². The summed E-state index contributed by atoms with van der Waals surface area (Å²) in [7, 11) is 0. The molecule has 0 atom stereocenters. The van der Waals surface area contributed by atoms with Crippen LogP contribution in [0.1, 0.15) is 28.1 Å². The summed E-state index contributed by atoms with van der Waals surface area (Å²) in [5.41, 5.74) is -0.389. The smallest absolute Gasteiger partial charge is 0.390 e. The maximum atomic E-state index is 14.3. The molecule has 0 spiro atoms. The molecule has 0 radical (unpaired) electrons. The molecule has 3 aromatic carbocycles. The van der Waals surface area contributed by atoms with E-state index in [-0.39, 0.29) is 21.7 Å². The Balaban J connectivity index is 2.04. The summed E-state index contributed by atoms with van der Waals surface area (Å²) >= 11 is 6.24. The lowest BCUT2D eigenvalue weighted by Crippen LogP contribution is -2.38. The molecule has 35 heavy (non-hydrogen) atoms. The number of aromatic nitrogens is 3. The lowest BCUT2D eigenvalue weighted by atomic mass is 9.77. The number of benzene rings is 3. The largest absolute Gasteiger partial charge is 0.435 e. The predicted octanol–water partition coefficient (Wildman–Crippen LogP) is 6.44. The van der Waals surface area contributed by atoms with E-state index in [1.54, 1.807) is 0 Å². The molecule has 0 unspecified atom stereocenters. The van der Waals surface area contributed by atoms with Crippen LogP contribution in [0.25, 0.3) is 10.9 Å². The van der Waals surface area contributed by atoms with Crippen LogP contribution in [0.2, 0.25) is 5.15 Å². The number of hydrogen-bond acceptors (Lipinski definition) is 3. The lowest BCUT2D eigenvalue weighted by molar-refractivity contribution is -0.140. The standard InChI is InChI=1S/C27H19ClF3N3O/c28-23-16-22-24(21(17-35)32-23)25(27(29,30)31)33-34(22)26(18-10-4-1-5-11-18,19-12-6-2-7-13-19)20-14-8-3-9-15-20/h1-16,35H,17H2. The van der Waals surface area contributed by atoms with Crippen molar-refractivity contribution in [1.29, 1.82) is 0 Å². The van der Waals surface area contributed by atoms with Crippen molar-refractivity contribution in [3.05, 3.63) is 130 Å². The van der Waals surface area contributed by atoms with Gasteiger partial charge in [-0.05, 0) is 16.7 Å². The normalized spacial score (nSPS) is 12.3. The molecular formula is C27H19ClF3N3O. The Labute approximate surface area is 204 Å². The van der Waals surface area contributed by atoms with Gasteiger partial charge in [0.1, 0.15) is 10.7 Å². The van der Waals surface area contributed by atoms with Gasteiger partial charge in [-0.2, -0.15) is 18.3 Å². The third-order valence-electron chi connectivity index (χ3n) is 6.02. The summed E-state index contributed by atoms with van der Waals surface area (Å²) in [4.78, 5) is 3.97. The Bertz CT molecular complexity index is 1370. The summed E-state index contributed by atoms with van der Waals surface area (Å²) in [5.74, 6) is 0. The first-order valence-electron chi connectivity index (χ1n) is 10.8. The van der Waals surface area contributed by atoms with E-state index >= 15 is 0 Å². The second kappa shape index (κ2) is 8.83. The molecule has 0 aliphatic heterocycles. The fourth-order valence-electron chi connectivity index (χ4n) is 4.65. The SMILES string of the molecule is OCc1nc(Cl)cc2c1c(C(F)(F)F)nn2C(c1ccccc1)(c1ccccc1)c1ccccc1. The molecule has 176 valence electrons. The molecule has 2 heterocycles. The Kier molecular flexibility index (Phi) is 5.83. The van der Waals surface area contributed by atoms with Gasteiger partial charge < -0.3 is 5.11 Å². The fraction of sp³-hybridized carbons (Fsp3) is 0.111. The van der Waals surface area contributed by atoms with Gasteiger partial charge in [0.2, 0.25) is 0 Å². The maximum absolute atomic E-state index is 14.3. The average Bonchev–Trinajstić information content (AvgIpc) is 3.26. The number of rotatable bonds is 5. The van der Waals surface area contributed by atoms with E-state index in [0.717, 1.165) is 0 Å². The van der Waals surface area contributed by atoms with Crippen molar-refractivity contribution < 1.29 is 18.3 Å². The number of fused-ring (bicyclic) bond motifs is 1. The fourth-order valence-corrected chi connectivity index (χ4v) is 4.86. The van der Waals surface area contributed by atoms with Crippen molar-refractivity contribution in [2.45, 2.75) is 18.3 Å². The number of hydrogen-bond donors (Lipinski definition) is 1. The van der Waals surface area contributed by atoms with E-state index < -0.39 is 24.0 Å². The number of pyridine rings is 1. The summed E-state index contributed by atoms with van der Waals surface area (Å²) in [6.45, 7) is -0.721. The molecular weight excluding hydrogens is 475 g/mol. The molecule has 0 aliphatic carbocycles. The predicted molar refractivity (Wildman–Crippen MR) is 128 cm³/mol. The minimum absolute atomic E-state index is 0.0421. The second-order valence-corrected chi connectivity index (χ2v) is 8.40. The van der Waals surface area contributed by atoms with Crippen LogP contribution in [-0.2, 0) is 18.3 Å². The van der Waals surface area contributed by atoms with Crippen LogP contribution in [-0.4, -0.2) is 19.9 Å². The van der Waals surface area contributed by atoms with Gasteiger partial charge in [-0.1, -0.05) is 103 Å². The summed E-state index contributed by atoms with van der Waals surface area (Å²) in [6.07, 6.45) is -4.79. The molecule has 1 N–H and O–H groups in total. The number of aliphatic hydroxyl groups excluding tert-OH is 1. The Hall–Kier alpha value is -3.68. The third kappa shape index (κ3) is 3.77. The lowest BCUT2D eigenvalue weighted by Gasteiger charge is -2.37. The van der Waals surface area contributed by atoms with Gasteiger partial charge in [0.05, 0.1) is 23.2 Å². The monoisotopic (exact) mass is 493 g/mol. The quantitative estimate of drug-likeness (QED) is 0.226. The van der Waals surface area contributed by atoms with Gasteiger partial charge in [0.25, 0.3) is 0 Å². The van der Waals surface area contributed by atoms with Crippen LogP contribution in [0.4, 0.5) is 13.2 Å². The van der Waals surface area contributed by atoms with Crippen LogP contribution in [0.15, 0.2) is 97.1 Å². The van der Waals surface area contributed by atoms with E-state index in [2.05, 4.69) is 10.1 Å². The van der Waals surface area contributed by atoms with E-state index in [4.69, 9.17) is 11.6 Å². The Morgan fingerprint density at radius 3 is 1.63 bits per heavy atom. The highest BCUT2D eigenvalue weighted by Gasteiger charge is 2.45. The molecule has 0 saturated heterocycles. The van der Waals surface area contributed by atoms with Gasteiger partial charge in [-0.25, -0.2) is 9.67 Å². The van der Waals surface area contributed by atoms with Crippen molar-refractivity contribution in [1.82, 2.24) is 14.8 Å². The minimum atomic E-state index is -4.79. The third-order valence-corrected chi connectivity index (χ3v) is 6.21. The summed E-state index contributed by atoms with van der Waals surface area (Å²) in [6, 6.07) is 29.0. The van der Waals surface area contributed by atoms with Crippen LogP contribution < -0.4 is 0 Å². The molecule has 0 saturated carbocycles. The Morgan fingerprint density at radius 2 is 1.23 bits per heavy atom. The van der Waals surface area contributed by atoms with Gasteiger partial charge in [0, 0.05) is 6.07 Å². The highest BCUT2D eigenvalue weighted by molar-refractivity contribution is 6.30. The topological polar surface area (TPSA) is 50.9 Å². The van der Waals surface area contributed by atoms with E-state index in [1.807, 2.05) is 91.0 Å². The van der Waals surface area contributed by atoms with Gasteiger partial charge in [-0.15, -0.1) is 0 Å². The number of aliphatic hydroxyl groups is 1. The molecule has 0 aliphatic rings. The van der Waals surface area contributed by atoms with Gasteiger partial charge in [-0.3, -0.25) is 0 Å². The maximum Gasteiger partial charge on any atom is 0.435 e. The first kappa shape index (κ1) is 23.1. The van der Waals surface area contributed by atoms with E-state index in [0.29, 0.717) is 16.7 Å². The van der Waals surface area contributed by atoms with Crippen molar-refractivity contribution >= 4 is 22.5 Å². The molecule has 2 aromatic heterocycles. The molecule has 4 nitrogen and oxygen atoms in total. The van der Waals surface area contributed by atoms with Crippen molar-refractivity contribution in [3.8, 4) is 0 Å². The Morgan fingerprint density at radius 1 is 0.771 bits per heavy atom. The second-order valence-electron chi connectivity index (χ2n) is 8.01.